The fourth-order valence-electron chi connectivity index (χ4n) is 2.40. The number of aryl methyl sites for hydroxylation is 2. The van der Waals surface area contributed by atoms with Crippen molar-refractivity contribution in [3.63, 3.8) is 0 Å². The van der Waals surface area contributed by atoms with Gasteiger partial charge in [0.15, 0.2) is 0 Å². The topological polar surface area (TPSA) is 50.1 Å². The minimum absolute atomic E-state index is 0.144. The van der Waals surface area contributed by atoms with Crippen molar-refractivity contribution in [2.45, 2.75) is 65.1 Å². The van der Waals surface area contributed by atoms with Crippen LogP contribution in [0.1, 0.15) is 45.7 Å². The molecule has 0 aliphatic rings. The molecule has 1 rings (SSSR count). The van der Waals surface area contributed by atoms with Gasteiger partial charge < -0.3 is 10.4 Å². The van der Waals surface area contributed by atoms with E-state index in [4.69, 9.17) is 0 Å². The number of rotatable bonds is 8. The molecule has 0 aromatic carbocycles. The molecule has 1 aromatic heterocycles. The molecule has 0 radical (unpaired) electrons. The Morgan fingerprint density at radius 1 is 1.50 bits per heavy atom. The van der Waals surface area contributed by atoms with Gasteiger partial charge in [0.1, 0.15) is 0 Å². The summed E-state index contributed by atoms with van der Waals surface area (Å²) in [6, 6.07) is 2.41. The molecule has 0 spiro atoms. The molecule has 0 saturated carbocycles. The fraction of sp³-hybridized carbons (Fsp3) is 0.786. The van der Waals surface area contributed by atoms with Crippen molar-refractivity contribution in [3.8, 4) is 0 Å². The van der Waals surface area contributed by atoms with Gasteiger partial charge in [-0.3, -0.25) is 4.68 Å². The van der Waals surface area contributed by atoms with Crippen LogP contribution in [0.4, 0.5) is 0 Å². The minimum atomic E-state index is -0.144. The highest BCUT2D eigenvalue weighted by atomic mass is 16.3. The van der Waals surface area contributed by atoms with E-state index in [1.165, 1.54) is 5.69 Å². The normalized spacial score (nSPS) is 15.0. The molecular weight excluding hydrogens is 226 g/mol. The largest absolute Gasteiger partial charge is 0.394 e. The molecule has 1 unspecified atom stereocenters. The third kappa shape index (κ3) is 4.10. The quantitative estimate of drug-likeness (QED) is 0.746. The number of hydrogen-bond acceptors (Lipinski definition) is 3. The van der Waals surface area contributed by atoms with Gasteiger partial charge in [0.05, 0.1) is 6.61 Å². The van der Waals surface area contributed by atoms with E-state index in [0.717, 1.165) is 25.8 Å². The molecule has 104 valence electrons. The maximum absolute atomic E-state index is 9.65. The average Bonchev–Trinajstić information content (AvgIpc) is 2.73. The van der Waals surface area contributed by atoms with Crippen molar-refractivity contribution in [1.82, 2.24) is 15.1 Å². The van der Waals surface area contributed by atoms with Gasteiger partial charge in [0.25, 0.3) is 0 Å². The number of nitrogens with one attached hydrogen (secondary N) is 1. The number of aromatic nitrogens is 2. The Balaban J connectivity index is 2.49. The average molecular weight is 253 g/mol. The first-order valence-electron chi connectivity index (χ1n) is 6.90. The summed E-state index contributed by atoms with van der Waals surface area (Å²) in [4.78, 5) is 0. The SMILES string of the molecule is CCC(CO)(CCCn1nccc1C)NC(C)C. The zero-order valence-electron chi connectivity index (χ0n) is 12.1. The molecule has 0 saturated heterocycles. The van der Waals surface area contributed by atoms with Crippen LogP contribution in [0.15, 0.2) is 12.3 Å². The lowest BCUT2D eigenvalue weighted by atomic mass is 9.90. The van der Waals surface area contributed by atoms with Crippen molar-refractivity contribution in [1.29, 1.82) is 0 Å². The summed E-state index contributed by atoms with van der Waals surface area (Å²) in [6.45, 7) is 9.55. The van der Waals surface area contributed by atoms with Crippen LogP contribution in [0.3, 0.4) is 0 Å². The summed E-state index contributed by atoms with van der Waals surface area (Å²) in [7, 11) is 0. The van der Waals surface area contributed by atoms with Gasteiger partial charge in [0.2, 0.25) is 0 Å². The summed E-state index contributed by atoms with van der Waals surface area (Å²) in [5.74, 6) is 0. The van der Waals surface area contributed by atoms with E-state index in [1.807, 2.05) is 16.9 Å². The highest BCUT2D eigenvalue weighted by Crippen LogP contribution is 2.18. The first kappa shape index (κ1) is 15.2. The summed E-state index contributed by atoms with van der Waals surface area (Å²) in [5, 5.41) is 17.4. The molecule has 1 atom stereocenters. The fourth-order valence-corrected chi connectivity index (χ4v) is 2.40. The molecule has 1 heterocycles. The van der Waals surface area contributed by atoms with Crippen LogP contribution in [0.2, 0.25) is 0 Å². The summed E-state index contributed by atoms with van der Waals surface area (Å²) >= 11 is 0. The Morgan fingerprint density at radius 2 is 2.22 bits per heavy atom. The first-order valence-corrected chi connectivity index (χ1v) is 6.90. The third-order valence-electron chi connectivity index (χ3n) is 3.53. The maximum atomic E-state index is 9.65. The second kappa shape index (κ2) is 6.90. The van der Waals surface area contributed by atoms with Crippen molar-refractivity contribution in [3.05, 3.63) is 18.0 Å². The van der Waals surface area contributed by atoms with Crippen LogP contribution in [0, 0.1) is 6.92 Å². The summed E-state index contributed by atoms with van der Waals surface area (Å²) < 4.78 is 2.02. The molecule has 0 bridgehead atoms. The number of aliphatic hydroxyl groups excluding tert-OH is 1. The lowest BCUT2D eigenvalue weighted by Gasteiger charge is -2.34. The molecule has 4 heteroatoms. The van der Waals surface area contributed by atoms with Crippen LogP contribution in [-0.4, -0.2) is 33.1 Å². The Morgan fingerprint density at radius 3 is 2.67 bits per heavy atom. The van der Waals surface area contributed by atoms with Gasteiger partial charge >= 0.3 is 0 Å². The second-order valence-corrected chi connectivity index (χ2v) is 5.39. The molecule has 2 N–H and O–H groups in total. The summed E-state index contributed by atoms with van der Waals surface area (Å²) in [5.41, 5.74) is 1.05. The lowest BCUT2D eigenvalue weighted by Crippen LogP contribution is -2.51. The van der Waals surface area contributed by atoms with Crippen LogP contribution < -0.4 is 5.32 Å². The van der Waals surface area contributed by atoms with Crippen LogP contribution in [-0.2, 0) is 6.54 Å². The standard InChI is InChI=1S/C14H27N3O/c1-5-14(11-18,16-12(2)3)8-6-10-17-13(4)7-9-15-17/h7,9,12,16,18H,5-6,8,10-11H2,1-4H3. The highest BCUT2D eigenvalue weighted by molar-refractivity contribution is 4.96. The van der Waals surface area contributed by atoms with E-state index in [1.54, 1.807) is 0 Å². The zero-order chi connectivity index (χ0) is 13.6. The van der Waals surface area contributed by atoms with E-state index < -0.39 is 0 Å². The Bertz CT molecular complexity index is 343. The third-order valence-corrected chi connectivity index (χ3v) is 3.53. The van der Waals surface area contributed by atoms with Gasteiger partial charge in [-0.15, -0.1) is 0 Å². The van der Waals surface area contributed by atoms with Crippen LogP contribution in [0.5, 0.6) is 0 Å². The Labute approximate surface area is 110 Å². The van der Waals surface area contributed by atoms with Gasteiger partial charge in [0, 0.05) is 30.0 Å². The minimum Gasteiger partial charge on any atom is -0.394 e. The summed E-state index contributed by atoms with van der Waals surface area (Å²) in [6.07, 6.45) is 4.77. The number of hydrogen-bond donors (Lipinski definition) is 2. The highest BCUT2D eigenvalue weighted by Gasteiger charge is 2.27. The first-order chi connectivity index (χ1) is 8.53. The van der Waals surface area contributed by atoms with E-state index >= 15 is 0 Å². The van der Waals surface area contributed by atoms with Crippen molar-refractivity contribution < 1.29 is 5.11 Å². The Kier molecular flexibility index (Phi) is 5.82. The van der Waals surface area contributed by atoms with Gasteiger partial charge in [-0.1, -0.05) is 20.8 Å². The van der Waals surface area contributed by atoms with E-state index in [-0.39, 0.29) is 12.1 Å². The monoisotopic (exact) mass is 253 g/mol. The molecule has 1 aromatic rings. The molecule has 0 aliphatic carbocycles. The van der Waals surface area contributed by atoms with Gasteiger partial charge in [-0.2, -0.15) is 5.10 Å². The Hall–Kier alpha value is -0.870. The van der Waals surface area contributed by atoms with Crippen molar-refractivity contribution in [2.24, 2.45) is 0 Å². The number of aliphatic hydroxyl groups is 1. The van der Waals surface area contributed by atoms with Crippen molar-refractivity contribution in [2.75, 3.05) is 6.61 Å². The molecule has 0 amide bonds. The predicted molar refractivity (Wildman–Crippen MR) is 74.6 cm³/mol. The smallest absolute Gasteiger partial charge is 0.0613 e. The van der Waals surface area contributed by atoms with Gasteiger partial charge in [-0.05, 0) is 32.3 Å². The molecular formula is C14H27N3O. The van der Waals surface area contributed by atoms with Crippen LogP contribution in [0.25, 0.3) is 0 Å². The number of nitrogens with zero attached hydrogens (tertiary/aromatic N) is 2. The van der Waals surface area contributed by atoms with E-state index in [0.29, 0.717) is 6.04 Å². The predicted octanol–water partition coefficient (Wildman–Crippen LogP) is 2.11. The molecule has 0 fully saturated rings. The molecule has 18 heavy (non-hydrogen) atoms. The molecule has 4 nitrogen and oxygen atoms in total. The maximum Gasteiger partial charge on any atom is 0.0613 e. The van der Waals surface area contributed by atoms with E-state index in [9.17, 15) is 5.11 Å². The zero-order valence-corrected chi connectivity index (χ0v) is 12.1. The second-order valence-electron chi connectivity index (χ2n) is 5.39. The van der Waals surface area contributed by atoms with Crippen LogP contribution >= 0.6 is 0 Å². The molecule has 0 aliphatic heterocycles. The van der Waals surface area contributed by atoms with E-state index in [2.05, 4.69) is 38.1 Å². The van der Waals surface area contributed by atoms with Gasteiger partial charge in [-0.25, -0.2) is 0 Å². The lowest BCUT2D eigenvalue weighted by molar-refractivity contribution is 0.133. The van der Waals surface area contributed by atoms with Crippen molar-refractivity contribution >= 4 is 0 Å².